The molecule has 39 heavy (non-hydrogen) atoms. The molecule has 0 bridgehead atoms. The fraction of sp³-hybridized carbons (Fsp3) is 0.107. The first-order valence-electron chi connectivity index (χ1n) is 11.7. The zero-order valence-corrected chi connectivity index (χ0v) is 23.7. The zero-order valence-electron chi connectivity index (χ0n) is 20.5. The number of Topliss-reactive ketones (excluding diaryl/α,β-unsaturated/α-hetero) is 1. The van der Waals surface area contributed by atoms with Gasteiger partial charge in [0.05, 0.1) is 11.3 Å². The number of halogens is 2. The van der Waals surface area contributed by atoms with Crippen molar-refractivity contribution in [1.29, 1.82) is 0 Å². The molecule has 0 aliphatic rings. The molecule has 0 fully saturated rings. The average molecular weight is 599 g/mol. The van der Waals surface area contributed by atoms with Crippen molar-refractivity contribution in [2.45, 2.75) is 19.2 Å². The predicted molar refractivity (Wildman–Crippen MR) is 158 cm³/mol. The van der Waals surface area contributed by atoms with E-state index in [0.717, 1.165) is 28.0 Å². The number of nitrogens with zero attached hydrogens (tertiary/aromatic N) is 2. The van der Waals surface area contributed by atoms with Crippen LogP contribution in [0.3, 0.4) is 0 Å². The van der Waals surface area contributed by atoms with Gasteiger partial charge < -0.3 is 4.57 Å². The lowest BCUT2D eigenvalue weighted by atomic mass is 9.99. The van der Waals surface area contributed by atoms with Crippen LogP contribution in [0.15, 0.2) is 83.8 Å². The van der Waals surface area contributed by atoms with Crippen molar-refractivity contribution in [3.8, 4) is 11.1 Å². The van der Waals surface area contributed by atoms with Crippen LogP contribution in [-0.4, -0.2) is 23.8 Å². The molecule has 2 aromatic heterocycles. The van der Waals surface area contributed by atoms with Crippen molar-refractivity contribution >= 4 is 65.8 Å². The maximum Gasteiger partial charge on any atom is 0.238 e. The number of anilines is 1. The normalized spacial score (nSPS) is 11.6. The molecule has 0 saturated carbocycles. The van der Waals surface area contributed by atoms with Crippen LogP contribution >= 0.6 is 34.5 Å². The van der Waals surface area contributed by atoms with E-state index in [2.05, 4.69) is 9.71 Å². The molecule has 0 spiro atoms. The summed E-state index contributed by atoms with van der Waals surface area (Å²) in [5, 5.41) is 0.626. The van der Waals surface area contributed by atoms with Crippen LogP contribution in [0.4, 0.5) is 5.13 Å². The van der Waals surface area contributed by atoms with Crippen LogP contribution in [0.1, 0.15) is 28.4 Å². The minimum absolute atomic E-state index is 0.0120. The predicted octanol–water partition coefficient (Wildman–Crippen LogP) is 6.62. The Morgan fingerprint density at radius 1 is 1.00 bits per heavy atom. The standard InChI is InChI=1S/C28H21Cl2N3O4S2/c1-17(34)23-15-33(14-19-9-5-6-10-22(19)18-7-3-2-4-8-18)27-25(26(23)35)31-28(38-27)32-39(36,37)16-20-11-12-21(29)13-24(20)30/h2-13,15H,14,16H2,1H3,(H,31,32). The molecule has 0 saturated heterocycles. The largest absolute Gasteiger partial charge is 0.333 e. The first kappa shape index (κ1) is 27.1. The van der Waals surface area contributed by atoms with Crippen molar-refractivity contribution in [3.63, 3.8) is 0 Å². The zero-order chi connectivity index (χ0) is 27.7. The molecule has 0 aliphatic carbocycles. The summed E-state index contributed by atoms with van der Waals surface area (Å²) in [7, 11) is -3.93. The number of sulfonamides is 1. The van der Waals surface area contributed by atoms with Crippen molar-refractivity contribution in [1.82, 2.24) is 9.55 Å². The number of carbonyl (C=O) groups is 1. The number of fused-ring (bicyclic) bond motifs is 1. The smallest absolute Gasteiger partial charge is 0.238 e. The van der Waals surface area contributed by atoms with E-state index < -0.39 is 27.0 Å². The summed E-state index contributed by atoms with van der Waals surface area (Å²) in [5.41, 5.74) is 2.80. The molecule has 7 nitrogen and oxygen atoms in total. The Bertz CT molecular complexity index is 1880. The lowest BCUT2D eigenvalue weighted by Crippen LogP contribution is -2.18. The number of aromatic nitrogens is 2. The molecule has 0 aliphatic heterocycles. The van der Waals surface area contributed by atoms with Gasteiger partial charge in [-0.15, -0.1) is 0 Å². The number of ketones is 1. The maximum absolute atomic E-state index is 13.1. The Labute approximate surface area is 238 Å². The highest BCUT2D eigenvalue weighted by Crippen LogP contribution is 2.30. The van der Waals surface area contributed by atoms with Gasteiger partial charge in [0.25, 0.3) is 0 Å². The van der Waals surface area contributed by atoms with Crippen LogP contribution in [-0.2, 0) is 22.3 Å². The summed E-state index contributed by atoms with van der Waals surface area (Å²) in [6, 6.07) is 22.3. The van der Waals surface area contributed by atoms with E-state index in [4.69, 9.17) is 23.2 Å². The molecule has 1 N–H and O–H groups in total. The summed E-state index contributed by atoms with van der Waals surface area (Å²) < 4.78 is 30.1. The van der Waals surface area contributed by atoms with Crippen LogP contribution in [0.2, 0.25) is 10.0 Å². The number of rotatable bonds is 8. The SMILES string of the molecule is CC(=O)c1cn(Cc2ccccc2-c2ccccc2)c2sc(NS(=O)(=O)Cc3ccc(Cl)cc3Cl)nc2c1=O. The molecule has 5 rings (SSSR count). The Balaban J connectivity index is 1.55. The van der Waals surface area contributed by atoms with Gasteiger partial charge in [-0.25, -0.2) is 13.4 Å². The molecule has 0 amide bonds. The third-order valence-electron chi connectivity index (χ3n) is 6.04. The van der Waals surface area contributed by atoms with Gasteiger partial charge in [-0.1, -0.05) is 95.2 Å². The van der Waals surface area contributed by atoms with Crippen LogP contribution in [0.25, 0.3) is 21.5 Å². The van der Waals surface area contributed by atoms with E-state index in [1.807, 2.05) is 54.6 Å². The summed E-state index contributed by atoms with van der Waals surface area (Å²) in [6.07, 6.45) is 1.51. The molecule has 0 radical (unpaired) electrons. The number of carbonyl (C=O) groups excluding carboxylic acids is 1. The second-order valence-electron chi connectivity index (χ2n) is 8.85. The van der Waals surface area contributed by atoms with E-state index in [-0.39, 0.29) is 21.2 Å². The van der Waals surface area contributed by atoms with E-state index in [9.17, 15) is 18.0 Å². The second kappa shape index (κ2) is 10.9. The number of thiazole rings is 1. The number of pyridine rings is 1. The molecule has 2 heterocycles. The number of benzene rings is 3. The highest BCUT2D eigenvalue weighted by Gasteiger charge is 2.21. The molecule has 0 unspecified atom stereocenters. The highest BCUT2D eigenvalue weighted by atomic mass is 35.5. The summed E-state index contributed by atoms with van der Waals surface area (Å²) in [5.74, 6) is -0.814. The Morgan fingerprint density at radius 3 is 2.44 bits per heavy atom. The van der Waals surface area contributed by atoms with Crippen molar-refractivity contribution in [2.75, 3.05) is 4.72 Å². The number of hydrogen-bond donors (Lipinski definition) is 1. The topological polar surface area (TPSA) is 98.1 Å². The Kier molecular flexibility index (Phi) is 7.59. The summed E-state index contributed by atoms with van der Waals surface area (Å²) in [4.78, 5) is 30.2. The molecule has 5 aromatic rings. The highest BCUT2D eigenvalue weighted by molar-refractivity contribution is 7.92. The summed E-state index contributed by atoms with van der Waals surface area (Å²) in [6.45, 7) is 1.65. The minimum atomic E-state index is -3.93. The molecule has 198 valence electrons. The molecule has 0 atom stereocenters. The van der Waals surface area contributed by atoms with E-state index >= 15 is 0 Å². The van der Waals surface area contributed by atoms with Gasteiger partial charge >= 0.3 is 0 Å². The van der Waals surface area contributed by atoms with Gasteiger partial charge in [0, 0.05) is 22.8 Å². The van der Waals surface area contributed by atoms with Crippen LogP contribution < -0.4 is 10.2 Å². The van der Waals surface area contributed by atoms with Crippen molar-refractivity contribution in [2.24, 2.45) is 0 Å². The molecule has 3 aromatic carbocycles. The van der Waals surface area contributed by atoms with Crippen LogP contribution in [0.5, 0.6) is 0 Å². The first-order chi connectivity index (χ1) is 18.6. The Morgan fingerprint density at radius 2 is 1.72 bits per heavy atom. The van der Waals surface area contributed by atoms with Gasteiger partial charge in [-0.05, 0) is 41.3 Å². The van der Waals surface area contributed by atoms with E-state index in [1.165, 1.54) is 25.3 Å². The maximum atomic E-state index is 13.1. The fourth-order valence-electron chi connectivity index (χ4n) is 4.22. The van der Waals surface area contributed by atoms with Gasteiger partial charge in [0.15, 0.2) is 10.9 Å². The minimum Gasteiger partial charge on any atom is -0.333 e. The third-order valence-corrected chi connectivity index (χ3v) is 8.96. The van der Waals surface area contributed by atoms with Gasteiger partial charge in [-0.2, -0.15) is 0 Å². The number of hydrogen-bond acceptors (Lipinski definition) is 6. The van der Waals surface area contributed by atoms with Gasteiger partial charge in [0.2, 0.25) is 15.5 Å². The van der Waals surface area contributed by atoms with Crippen molar-refractivity contribution < 1.29 is 13.2 Å². The molecular formula is C28H21Cl2N3O4S2. The quantitative estimate of drug-likeness (QED) is 0.202. The third kappa shape index (κ3) is 5.91. The number of nitrogens with one attached hydrogen (secondary N) is 1. The summed E-state index contributed by atoms with van der Waals surface area (Å²) >= 11 is 13.1. The second-order valence-corrected chi connectivity index (χ2v) is 12.4. The molecular weight excluding hydrogens is 577 g/mol. The van der Waals surface area contributed by atoms with E-state index in [1.54, 1.807) is 10.6 Å². The first-order valence-corrected chi connectivity index (χ1v) is 15.0. The fourth-order valence-corrected chi connectivity index (χ4v) is 7.16. The monoisotopic (exact) mass is 597 g/mol. The lowest BCUT2D eigenvalue weighted by molar-refractivity contribution is 0.101. The Hall–Kier alpha value is -3.50. The van der Waals surface area contributed by atoms with Gasteiger partial charge in [0.1, 0.15) is 10.3 Å². The average Bonchev–Trinajstić information content (AvgIpc) is 3.31. The van der Waals surface area contributed by atoms with Gasteiger partial charge in [-0.3, -0.25) is 14.3 Å². The van der Waals surface area contributed by atoms with Crippen molar-refractivity contribution in [3.05, 3.63) is 116 Å². The van der Waals surface area contributed by atoms with Crippen LogP contribution in [0, 0.1) is 0 Å². The van der Waals surface area contributed by atoms with E-state index in [0.29, 0.717) is 22.0 Å². The lowest BCUT2D eigenvalue weighted by Gasteiger charge is -2.13. The molecule has 11 heteroatoms.